The molecule has 4 nitrogen and oxygen atoms in total. The largest absolute Gasteiger partial charge is 0.508 e. The summed E-state index contributed by atoms with van der Waals surface area (Å²) < 4.78 is 24.5. The molecule has 0 saturated heterocycles. The lowest BCUT2D eigenvalue weighted by Gasteiger charge is -2.08. The number of rotatable bonds is 2. The molecule has 0 heterocycles. The van der Waals surface area contributed by atoms with Crippen molar-refractivity contribution in [3.8, 4) is 11.5 Å². The Hall–Kier alpha value is -1.72. The molecule has 0 aliphatic heterocycles. The molecule has 0 aliphatic carbocycles. The second-order valence-corrected chi connectivity index (χ2v) is 5.88. The van der Waals surface area contributed by atoms with Crippen LogP contribution in [0.5, 0.6) is 11.5 Å². The number of aromatic hydroxyl groups is 2. The molecule has 2 aromatic rings. The molecule has 0 aromatic heterocycles. The second-order valence-electron chi connectivity index (χ2n) is 3.59. The van der Waals surface area contributed by atoms with Gasteiger partial charge < -0.3 is 10.2 Å². The lowest BCUT2D eigenvalue weighted by molar-refractivity contribution is 0.459. The quantitative estimate of drug-likeness (QED) is 0.889. The van der Waals surface area contributed by atoms with E-state index in [4.69, 9.17) is 11.6 Å². The van der Waals surface area contributed by atoms with E-state index >= 15 is 0 Å². The standard InChI is InChI=1S/C12H9ClO4S/c13-9-7-8(14)5-6-11(9)18(16,17)12-4-2-1-3-10(12)15/h1-7,14-15H. The molecule has 0 fully saturated rings. The number of sulfone groups is 1. The predicted octanol–water partition coefficient (Wildman–Crippen LogP) is 2.58. The first-order chi connectivity index (χ1) is 8.43. The number of para-hydroxylation sites is 1. The normalized spacial score (nSPS) is 11.4. The van der Waals surface area contributed by atoms with Crippen LogP contribution in [0.25, 0.3) is 0 Å². The summed E-state index contributed by atoms with van der Waals surface area (Å²) >= 11 is 5.80. The van der Waals surface area contributed by atoms with Crippen molar-refractivity contribution in [1.82, 2.24) is 0 Å². The van der Waals surface area contributed by atoms with E-state index in [9.17, 15) is 18.6 Å². The van der Waals surface area contributed by atoms with Crippen molar-refractivity contribution in [2.24, 2.45) is 0 Å². The fraction of sp³-hybridized carbons (Fsp3) is 0. The molecule has 18 heavy (non-hydrogen) atoms. The van der Waals surface area contributed by atoms with E-state index in [0.717, 1.165) is 6.07 Å². The van der Waals surface area contributed by atoms with Gasteiger partial charge in [0, 0.05) is 0 Å². The first-order valence-electron chi connectivity index (χ1n) is 4.94. The summed E-state index contributed by atoms with van der Waals surface area (Å²) in [4.78, 5) is -0.388. The highest BCUT2D eigenvalue weighted by molar-refractivity contribution is 7.91. The van der Waals surface area contributed by atoms with Crippen LogP contribution in [0.2, 0.25) is 5.02 Å². The van der Waals surface area contributed by atoms with Crippen LogP contribution in [0, 0.1) is 0 Å². The maximum absolute atomic E-state index is 12.3. The monoisotopic (exact) mass is 284 g/mol. The molecule has 0 unspecified atom stereocenters. The Morgan fingerprint density at radius 1 is 0.944 bits per heavy atom. The molecular weight excluding hydrogens is 276 g/mol. The Bertz CT molecular complexity index is 695. The van der Waals surface area contributed by atoms with Crippen molar-refractivity contribution in [3.05, 3.63) is 47.5 Å². The molecular formula is C12H9ClO4S. The third kappa shape index (κ3) is 2.14. The molecule has 6 heteroatoms. The molecule has 2 aromatic carbocycles. The van der Waals surface area contributed by atoms with Crippen LogP contribution in [-0.2, 0) is 9.84 Å². The minimum atomic E-state index is -3.91. The lowest BCUT2D eigenvalue weighted by Crippen LogP contribution is -2.02. The summed E-state index contributed by atoms with van der Waals surface area (Å²) in [5.41, 5.74) is 0. The Kier molecular flexibility index (Phi) is 3.19. The van der Waals surface area contributed by atoms with Crippen LogP contribution >= 0.6 is 11.6 Å². The SMILES string of the molecule is O=S(=O)(c1ccccc1O)c1ccc(O)cc1Cl. The van der Waals surface area contributed by atoms with Crippen molar-refractivity contribution < 1.29 is 18.6 Å². The van der Waals surface area contributed by atoms with Crippen molar-refractivity contribution in [3.63, 3.8) is 0 Å². The van der Waals surface area contributed by atoms with Crippen LogP contribution in [0.3, 0.4) is 0 Å². The maximum atomic E-state index is 12.3. The summed E-state index contributed by atoms with van der Waals surface area (Å²) in [6, 6.07) is 9.13. The Balaban J connectivity index is 2.66. The molecule has 0 amide bonds. The first-order valence-corrected chi connectivity index (χ1v) is 6.80. The highest BCUT2D eigenvalue weighted by atomic mass is 35.5. The summed E-state index contributed by atoms with van der Waals surface area (Å²) in [5.74, 6) is -0.474. The van der Waals surface area contributed by atoms with E-state index in [2.05, 4.69) is 0 Å². The summed E-state index contributed by atoms with van der Waals surface area (Å²) in [6.07, 6.45) is 0. The zero-order valence-corrected chi connectivity index (χ0v) is 10.6. The van der Waals surface area contributed by atoms with E-state index < -0.39 is 9.84 Å². The smallest absolute Gasteiger partial charge is 0.211 e. The highest BCUT2D eigenvalue weighted by Gasteiger charge is 2.23. The van der Waals surface area contributed by atoms with E-state index in [1.807, 2.05) is 0 Å². The number of hydrogen-bond donors (Lipinski definition) is 2. The molecule has 0 spiro atoms. The van der Waals surface area contributed by atoms with Gasteiger partial charge in [-0.15, -0.1) is 0 Å². The minimum absolute atomic E-state index is 0.0988. The maximum Gasteiger partial charge on any atom is 0.211 e. The van der Waals surface area contributed by atoms with Gasteiger partial charge in [0.25, 0.3) is 0 Å². The van der Waals surface area contributed by atoms with Crippen LogP contribution in [0.15, 0.2) is 52.3 Å². The summed E-state index contributed by atoms with van der Waals surface area (Å²) in [6.45, 7) is 0. The van der Waals surface area contributed by atoms with E-state index in [0.29, 0.717) is 0 Å². The van der Waals surface area contributed by atoms with Gasteiger partial charge >= 0.3 is 0 Å². The fourth-order valence-corrected chi connectivity index (χ4v) is 3.39. The zero-order valence-electron chi connectivity index (χ0n) is 9.04. The summed E-state index contributed by atoms with van der Waals surface area (Å²) in [7, 11) is -3.91. The molecule has 2 N–H and O–H groups in total. The Morgan fingerprint density at radius 2 is 1.61 bits per heavy atom. The van der Waals surface area contributed by atoms with E-state index in [1.165, 1.54) is 36.4 Å². The number of hydrogen-bond acceptors (Lipinski definition) is 4. The van der Waals surface area contributed by atoms with Crippen LogP contribution in [0.4, 0.5) is 0 Å². The van der Waals surface area contributed by atoms with Gasteiger partial charge in [0.15, 0.2) is 0 Å². The number of halogens is 1. The number of phenolic OH excluding ortho intramolecular Hbond substituents is 2. The molecule has 0 aliphatic rings. The van der Waals surface area contributed by atoms with Gasteiger partial charge in [-0.2, -0.15) is 0 Å². The van der Waals surface area contributed by atoms with Gasteiger partial charge in [0.1, 0.15) is 16.4 Å². The van der Waals surface area contributed by atoms with Gasteiger partial charge in [-0.1, -0.05) is 23.7 Å². The Labute approximate surface area is 109 Å². The summed E-state index contributed by atoms with van der Waals surface area (Å²) in [5, 5.41) is 18.7. The van der Waals surface area contributed by atoms with Crippen LogP contribution < -0.4 is 0 Å². The topological polar surface area (TPSA) is 74.6 Å². The van der Waals surface area contributed by atoms with Crippen LogP contribution in [-0.4, -0.2) is 18.6 Å². The Morgan fingerprint density at radius 3 is 2.22 bits per heavy atom. The molecule has 0 atom stereocenters. The van der Waals surface area contributed by atoms with Crippen molar-refractivity contribution in [2.75, 3.05) is 0 Å². The third-order valence-corrected chi connectivity index (χ3v) is 4.64. The fourth-order valence-electron chi connectivity index (χ4n) is 1.51. The first kappa shape index (κ1) is 12.7. The van der Waals surface area contributed by atoms with Gasteiger partial charge in [-0.3, -0.25) is 0 Å². The van der Waals surface area contributed by atoms with Gasteiger partial charge in [0.05, 0.1) is 9.92 Å². The molecule has 94 valence electrons. The minimum Gasteiger partial charge on any atom is -0.508 e. The lowest BCUT2D eigenvalue weighted by atomic mass is 10.3. The van der Waals surface area contributed by atoms with Crippen LogP contribution in [0.1, 0.15) is 0 Å². The third-order valence-electron chi connectivity index (χ3n) is 2.36. The predicted molar refractivity (Wildman–Crippen MR) is 66.7 cm³/mol. The van der Waals surface area contributed by atoms with E-state index in [-0.39, 0.29) is 26.3 Å². The van der Waals surface area contributed by atoms with Crippen molar-refractivity contribution in [1.29, 1.82) is 0 Å². The van der Waals surface area contributed by atoms with Crippen molar-refractivity contribution >= 4 is 21.4 Å². The molecule has 0 saturated carbocycles. The zero-order chi connectivity index (χ0) is 13.3. The highest BCUT2D eigenvalue weighted by Crippen LogP contribution is 2.33. The number of phenols is 2. The molecule has 0 bridgehead atoms. The van der Waals surface area contributed by atoms with E-state index in [1.54, 1.807) is 0 Å². The van der Waals surface area contributed by atoms with Gasteiger partial charge in [-0.25, -0.2) is 8.42 Å². The van der Waals surface area contributed by atoms with Gasteiger partial charge in [-0.05, 0) is 30.3 Å². The van der Waals surface area contributed by atoms with Gasteiger partial charge in [0.2, 0.25) is 9.84 Å². The molecule has 2 rings (SSSR count). The average Bonchev–Trinajstić information content (AvgIpc) is 2.28. The molecule has 0 radical (unpaired) electrons. The number of benzene rings is 2. The van der Waals surface area contributed by atoms with Crippen molar-refractivity contribution in [2.45, 2.75) is 9.79 Å². The second kappa shape index (κ2) is 4.51. The average molecular weight is 285 g/mol.